The van der Waals surface area contributed by atoms with E-state index in [4.69, 9.17) is 4.74 Å². The SMILES string of the molecule is COC(=O)c1ccccc1NC(=O)Nc1nnc(N2C[C@H](C)C[C@H](C)C2)s1. The van der Waals surface area contributed by atoms with Crippen LogP contribution in [0.15, 0.2) is 24.3 Å². The van der Waals surface area contributed by atoms with Gasteiger partial charge in [0, 0.05) is 13.1 Å². The molecule has 0 spiro atoms. The topological polar surface area (TPSA) is 96.4 Å². The molecule has 1 fully saturated rings. The second kappa shape index (κ2) is 8.34. The molecule has 1 saturated heterocycles. The molecule has 2 N–H and O–H groups in total. The van der Waals surface area contributed by atoms with Crippen molar-refractivity contribution in [2.24, 2.45) is 11.8 Å². The molecule has 3 rings (SSSR count). The summed E-state index contributed by atoms with van der Waals surface area (Å²) in [5.41, 5.74) is 0.648. The van der Waals surface area contributed by atoms with Gasteiger partial charge in [-0.15, -0.1) is 10.2 Å². The molecule has 0 saturated carbocycles. The molecular weight excluding hydrogens is 366 g/mol. The fourth-order valence-corrected chi connectivity index (χ4v) is 4.10. The predicted octanol–water partition coefficient (Wildman–Crippen LogP) is 3.45. The number of nitrogens with one attached hydrogen (secondary N) is 2. The summed E-state index contributed by atoms with van der Waals surface area (Å²) in [5.74, 6) is 0.691. The van der Waals surface area contributed by atoms with Gasteiger partial charge in [-0.05, 0) is 30.4 Å². The second-order valence-electron chi connectivity index (χ2n) is 6.86. The van der Waals surface area contributed by atoms with E-state index < -0.39 is 12.0 Å². The summed E-state index contributed by atoms with van der Waals surface area (Å²) in [6.07, 6.45) is 1.21. The van der Waals surface area contributed by atoms with Gasteiger partial charge in [0.05, 0.1) is 18.4 Å². The quantitative estimate of drug-likeness (QED) is 0.778. The minimum absolute atomic E-state index is 0.282. The molecule has 0 aliphatic carbocycles. The standard InChI is InChI=1S/C18H23N5O3S/c1-11-8-12(2)10-23(9-11)18-22-21-17(27-18)20-16(25)19-14-7-5-4-6-13(14)15(24)26-3/h4-7,11-12H,8-10H2,1-3H3,(H2,19,20,21,25)/t11-,12+. The van der Waals surface area contributed by atoms with E-state index in [9.17, 15) is 9.59 Å². The lowest BCUT2D eigenvalue weighted by atomic mass is 9.92. The summed E-state index contributed by atoms with van der Waals surface area (Å²) in [6.45, 7) is 6.35. The molecule has 2 atom stereocenters. The van der Waals surface area contributed by atoms with Crippen molar-refractivity contribution < 1.29 is 14.3 Å². The van der Waals surface area contributed by atoms with Crippen LogP contribution in [0.4, 0.5) is 20.7 Å². The minimum Gasteiger partial charge on any atom is -0.465 e. The lowest BCUT2D eigenvalue weighted by Crippen LogP contribution is -2.38. The normalized spacial score (nSPS) is 19.4. The molecular formula is C18H23N5O3S. The number of aromatic nitrogens is 2. The van der Waals surface area contributed by atoms with Crippen molar-refractivity contribution >= 4 is 39.3 Å². The molecule has 1 aliphatic rings. The summed E-state index contributed by atoms with van der Waals surface area (Å²) in [6, 6.07) is 6.16. The summed E-state index contributed by atoms with van der Waals surface area (Å²) in [7, 11) is 1.30. The van der Waals surface area contributed by atoms with Crippen LogP contribution >= 0.6 is 11.3 Å². The Hall–Kier alpha value is -2.68. The van der Waals surface area contributed by atoms with Gasteiger partial charge in [0.25, 0.3) is 0 Å². The van der Waals surface area contributed by atoms with Crippen LogP contribution < -0.4 is 15.5 Å². The van der Waals surface area contributed by atoms with E-state index in [1.807, 2.05) is 0 Å². The zero-order valence-electron chi connectivity index (χ0n) is 15.6. The van der Waals surface area contributed by atoms with Crippen molar-refractivity contribution in [3.63, 3.8) is 0 Å². The van der Waals surface area contributed by atoms with E-state index >= 15 is 0 Å². The monoisotopic (exact) mass is 389 g/mol. The fourth-order valence-electron chi connectivity index (χ4n) is 3.34. The Kier molecular flexibility index (Phi) is 5.90. The molecule has 2 amide bonds. The zero-order chi connectivity index (χ0) is 19.4. The van der Waals surface area contributed by atoms with Gasteiger partial charge in [0.15, 0.2) is 0 Å². The summed E-state index contributed by atoms with van der Waals surface area (Å²) in [5, 5.41) is 14.8. The lowest BCUT2D eigenvalue weighted by molar-refractivity contribution is 0.0602. The summed E-state index contributed by atoms with van der Waals surface area (Å²) in [4.78, 5) is 26.3. The first-order valence-electron chi connectivity index (χ1n) is 8.80. The third kappa shape index (κ3) is 4.73. The van der Waals surface area contributed by atoms with Gasteiger partial charge in [0.2, 0.25) is 10.3 Å². The first-order chi connectivity index (χ1) is 13.0. The summed E-state index contributed by atoms with van der Waals surface area (Å²) < 4.78 is 4.73. The van der Waals surface area contributed by atoms with Gasteiger partial charge in [-0.25, -0.2) is 9.59 Å². The van der Waals surface area contributed by atoms with Crippen LogP contribution in [0, 0.1) is 11.8 Å². The zero-order valence-corrected chi connectivity index (χ0v) is 16.4. The van der Waals surface area contributed by atoms with Crippen LogP contribution in [-0.4, -0.2) is 42.4 Å². The van der Waals surface area contributed by atoms with Gasteiger partial charge in [0.1, 0.15) is 0 Å². The molecule has 1 aliphatic heterocycles. The smallest absolute Gasteiger partial charge is 0.339 e. The average Bonchev–Trinajstić information content (AvgIpc) is 3.09. The molecule has 2 heterocycles. The highest BCUT2D eigenvalue weighted by Gasteiger charge is 2.24. The van der Waals surface area contributed by atoms with Crippen LogP contribution in [0.3, 0.4) is 0 Å². The Balaban J connectivity index is 1.64. The number of urea groups is 1. The highest BCUT2D eigenvalue weighted by Crippen LogP contribution is 2.30. The fraction of sp³-hybridized carbons (Fsp3) is 0.444. The number of carbonyl (C=O) groups is 2. The maximum absolute atomic E-state index is 12.3. The number of esters is 1. The van der Waals surface area contributed by atoms with Gasteiger partial charge < -0.3 is 15.0 Å². The van der Waals surface area contributed by atoms with Crippen molar-refractivity contribution in [1.82, 2.24) is 10.2 Å². The number of nitrogens with zero attached hydrogens (tertiary/aromatic N) is 3. The van der Waals surface area contributed by atoms with Gasteiger partial charge >= 0.3 is 12.0 Å². The highest BCUT2D eigenvalue weighted by atomic mass is 32.1. The number of amides is 2. The number of hydrogen-bond donors (Lipinski definition) is 2. The van der Waals surface area contributed by atoms with Crippen LogP contribution in [0.25, 0.3) is 0 Å². The number of ether oxygens (including phenoxy) is 1. The largest absolute Gasteiger partial charge is 0.465 e. The number of carbonyl (C=O) groups excluding carboxylic acids is 2. The Bertz CT molecular complexity index is 815. The minimum atomic E-state index is -0.516. The van der Waals surface area contributed by atoms with Crippen LogP contribution in [0.2, 0.25) is 0 Å². The average molecular weight is 389 g/mol. The van der Waals surface area contributed by atoms with E-state index in [1.165, 1.54) is 24.9 Å². The number of para-hydroxylation sites is 1. The molecule has 8 nitrogen and oxygen atoms in total. The molecule has 1 aromatic carbocycles. The predicted molar refractivity (Wildman–Crippen MR) is 105 cm³/mol. The van der Waals surface area contributed by atoms with Crippen molar-refractivity contribution in [2.45, 2.75) is 20.3 Å². The third-order valence-electron chi connectivity index (χ3n) is 4.35. The van der Waals surface area contributed by atoms with Gasteiger partial charge in [-0.3, -0.25) is 5.32 Å². The third-order valence-corrected chi connectivity index (χ3v) is 5.25. The van der Waals surface area contributed by atoms with Crippen LogP contribution in [-0.2, 0) is 4.74 Å². The molecule has 0 unspecified atom stereocenters. The van der Waals surface area contributed by atoms with Crippen molar-refractivity contribution in [1.29, 1.82) is 0 Å². The number of rotatable bonds is 4. The number of methoxy groups -OCH3 is 1. The molecule has 27 heavy (non-hydrogen) atoms. The van der Waals surface area contributed by atoms with E-state index in [0.29, 0.717) is 22.7 Å². The second-order valence-corrected chi connectivity index (χ2v) is 7.81. The Morgan fingerprint density at radius 3 is 2.56 bits per heavy atom. The van der Waals surface area contributed by atoms with E-state index in [1.54, 1.807) is 24.3 Å². The molecule has 0 bridgehead atoms. The first-order valence-corrected chi connectivity index (χ1v) is 9.61. The number of hydrogen-bond acceptors (Lipinski definition) is 7. The molecule has 9 heteroatoms. The maximum atomic E-state index is 12.3. The summed E-state index contributed by atoms with van der Waals surface area (Å²) >= 11 is 1.34. The van der Waals surface area contributed by atoms with Gasteiger partial charge in [-0.2, -0.15) is 0 Å². The Morgan fingerprint density at radius 2 is 1.85 bits per heavy atom. The molecule has 0 radical (unpaired) electrons. The van der Waals surface area contributed by atoms with Crippen molar-refractivity contribution in [3.8, 4) is 0 Å². The van der Waals surface area contributed by atoms with Crippen molar-refractivity contribution in [3.05, 3.63) is 29.8 Å². The van der Waals surface area contributed by atoms with Crippen LogP contribution in [0.1, 0.15) is 30.6 Å². The molecule has 1 aromatic heterocycles. The van der Waals surface area contributed by atoms with Gasteiger partial charge in [-0.1, -0.05) is 37.3 Å². The molecule has 2 aromatic rings. The maximum Gasteiger partial charge on any atom is 0.339 e. The number of piperidine rings is 1. The Morgan fingerprint density at radius 1 is 1.15 bits per heavy atom. The van der Waals surface area contributed by atoms with E-state index in [2.05, 4.69) is 39.6 Å². The highest BCUT2D eigenvalue weighted by molar-refractivity contribution is 7.19. The molecule has 144 valence electrons. The van der Waals surface area contributed by atoms with Crippen LogP contribution in [0.5, 0.6) is 0 Å². The Labute approximate surface area is 161 Å². The first kappa shape index (κ1) is 19.1. The lowest BCUT2D eigenvalue weighted by Gasteiger charge is -2.34. The number of benzene rings is 1. The number of anilines is 3. The van der Waals surface area contributed by atoms with E-state index in [-0.39, 0.29) is 5.56 Å². The van der Waals surface area contributed by atoms with Crippen molar-refractivity contribution in [2.75, 3.05) is 35.7 Å². The van der Waals surface area contributed by atoms with E-state index in [0.717, 1.165) is 18.2 Å².